The van der Waals surface area contributed by atoms with Crippen molar-refractivity contribution in [3.8, 4) is 0 Å². The number of carbonyl (C=O) groups excluding carboxylic acids is 1. The molecule has 2 amide bonds. The molecule has 0 aromatic carbocycles. The molecule has 0 unspecified atom stereocenters. The molecule has 1 rings (SSSR count). The van der Waals surface area contributed by atoms with E-state index in [-0.39, 0.29) is 11.4 Å². The highest BCUT2D eigenvalue weighted by Gasteiger charge is 2.21. The van der Waals surface area contributed by atoms with Gasteiger partial charge >= 0.3 is 6.03 Å². The first-order chi connectivity index (χ1) is 9.69. The molecule has 0 radical (unpaired) electrons. The Kier molecular flexibility index (Phi) is 5.90. The van der Waals surface area contributed by atoms with E-state index in [1.165, 1.54) is 0 Å². The van der Waals surface area contributed by atoms with Gasteiger partial charge in [-0.05, 0) is 18.8 Å². The predicted octanol–water partition coefficient (Wildman–Crippen LogP) is 1.46. The maximum atomic E-state index is 11.8. The van der Waals surface area contributed by atoms with E-state index in [0.29, 0.717) is 24.6 Å². The Labute approximate surface area is 125 Å². The molecule has 7 heteroatoms. The topological polar surface area (TPSA) is 90.4 Å². The fourth-order valence-corrected chi connectivity index (χ4v) is 1.98. The number of rotatable bonds is 6. The van der Waals surface area contributed by atoms with Gasteiger partial charge in [-0.1, -0.05) is 13.8 Å². The lowest BCUT2D eigenvalue weighted by molar-refractivity contribution is 0.129. The van der Waals surface area contributed by atoms with E-state index >= 15 is 0 Å². The molecule has 7 nitrogen and oxygen atoms in total. The van der Waals surface area contributed by atoms with Crippen molar-refractivity contribution >= 4 is 17.7 Å². The van der Waals surface area contributed by atoms with Crippen molar-refractivity contribution in [2.24, 2.45) is 5.41 Å². The number of aliphatic hydroxyl groups is 1. The van der Waals surface area contributed by atoms with Crippen LogP contribution >= 0.6 is 0 Å². The van der Waals surface area contributed by atoms with Gasteiger partial charge < -0.3 is 20.6 Å². The Morgan fingerprint density at radius 1 is 1.38 bits per heavy atom. The van der Waals surface area contributed by atoms with E-state index in [2.05, 4.69) is 20.6 Å². The van der Waals surface area contributed by atoms with Crippen molar-refractivity contribution in [1.29, 1.82) is 0 Å². The molecule has 1 atom stereocenters. The van der Waals surface area contributed by atoms with Gasteiger partial charge in [0, 0.05) is 20.6 Å². The molecule has 0 bridgehead atoms. The van der Waals surface area contributed by atoms with E-state index in [0.717, 1.165) is 0 Å². The highest BCUT2D eigenvalue weighted by Crippen LogP contribution is 2.21. The van der Waals surface area contributed by atoms with Crippen LogP contribution in [0.1, 0.15) is 27.2 Å². The van der Waals surface area contributed by atoms with Crippen LogP contribution in [0.4, 0.5) is 16.4 Å². The standard InChI is InChI=1S/C14H25N5O2/c1-10(20)6-14(2,3)9-17-13(21)18-11-7-15-12(16-8-11)19(4)5/h7-8,10,20H,6,9H2,1-5H3,(H2,17,18,21)/t10-/m0/s1. The summed E-state index contributed by atoms with van der Waals surface area (Å²) in [6.07, 6.45) is 3.34. The summed E-state index contributed by atoms with van der Waals surface area (Å²) < 4.78 is 0. The van der Waals surface area contributed by atoms with Crippen LogP contribution in [0.15, 0.2) is 12.4 Å². The Morgan fingerprint density at radius 3 is 2.43 bits per heavy atom. The van der Waals surface area contributed by atoms with Crippen LogP contribution in [-0.4, -0.2) is 47.8 Å². The number of hydrogen-bond acceptors (Lipinski definition) is 5. The molecule has 0 spiro atoms. The van der Waals surface area contributed by atoms with E-state index in [1.54, 1.807) is 24.2 Å². The van der Waals surface area contributed by atoms with Gasteiger partial charge in [0.2, 0.25) is 5.95 Å². The highest BCUT2D eigenvalue weighted by molar-refractivity contribution is 5.88. The number of carbonyl (C=O) groups is 1. The van der Waals surface area contributed by atoms with Crippen LogP contribution in [0.25, 0.3) is 0 Å². The fraction of sp³-hybridized carbons (Fsp3) is 0.643. The van der Waals surface area contributed by atoms with Crippen molar-refractivity contribution in [2.45, 2.75) is 33.3 Å². The molecule has 1 aromatic rings. The summed E-state index contributed by atoms with van der Waals surface area (Å²) in [5.41, 5.74) is 0.364. The van der Waals surface area contributed by atoms with Crippen LogP contribution in [0.3, 0.4) is 0 Å². The van der Waals surface area contributed by atoms with Crippen molar-refractivity contribution in [2.75, 3.05) is 30.9 Å². The number of amides is 2. The van der Waals surface area contributed by atoms with Crippen LogP contribution < -0.4 is 15.5 Å². The molecule has 1 heterocycles. The van der Waals surface area contributed by atoms with Gasteiger partial charge in [0.15, 0.2) is 0 Å². The van der Waals surface area contributed by atoms with Crippen molar-refractivity contribution in [1.82, 2.24) is 15.3 Å². The number of aromatic nitrogens is 2. The zero-order valence-electron chi connectivity index (χ0n) is 13.3. The first-order valence-corrected chi connectivity index (χ1v) is 6.92. The molecular formula is C14H25N5O2. The third-order valence-electron chi connectivity index (χ3n) is 2.87. The Bertz CT molecular complexity index is 457. The van der Waals surface area contributed by atoms with Crippen molar-refractivity contribution in [3.05, 3.63) is 12.4 Å². The minimum atomic E-state index is -0.392. The lowest BCUT2D eigenvalue weighted by atomic mass is 9.87. The summed E-state index contributed by atoms with van der Waals surface area (Å²) in [7, 11) is 3.69. The summed E-state index contributed by atoms with van der Waals surface area (Å²) >= 11 is 0. The Hall–Kier alpha value is -1.89. The molecule has 0 saturated carbocycles. The van der Waals surface area contributed by atoms with Gasteiger partial charge in [0.25, 0.3) is 0 Å². The molecule has 1 aromatic heterocycles. The summed E-state index contributed by atoms with van der Waals surface area (Å²) in [5, 5.41) is 14.9. The second kappa shape index (κ2) is 7.21. The minimum Gasteiger partial charge on any atom is -0.393 e. The molecule has 0 fully saturated rings. The third-order valence-corrected chi connectivity index (χ3v) is 2.87. The van der Waals surface area contributed by atoms with Crippen LogP contribution in [0.5, 0.6) is 0 Å². The molecule has 0 aliphatic heterocycles. The third kappa shape index (κ3) is 6.40. The molecule has 0 aliphatic rings. The number of anilines is 2. The quantitative estimate of drug-likeness (QED) is 0.739. The Morgan fingerprint density at radius 2 is 1.95 bits per heavy atom. The molecule has 0 saturated heterocycles. The average Bonchev–Trinajstić information content (AvgIpc) is 2.36. The molecule has 21 heavy (non-hydrogen) atoms. The summed E-state index contributed by atoms with van der Waals surface area (Å²) in [5.74, 6) is 0.582. The maximum absolute atomic E-state index is 11.8. The first kappa shape index (κ1) is 17.2. The maximum Gasteiger partial charge on any atom is 0.319 e. The summed E-state index contributed by atoms with van der Waals surface area (Å²) in [4.78, 5) is 21.8. The van der Waals surface area contributed by atoms with Crippen LogP contribution in [0.2, 0.25) is 0 Å². The van der Waals surface area contributed by atoms with Gasteiger partial charge in [-0.2, -0.15) is 0 Å². The predicted molar refractivity (Wildman–Crippen MR) is 83.5 cm³/mol. The second-order valence-electron chi connectivity index (χ2n) is 6.19. The smallest absolute Gasteiger partial charge is 0.319 e. The zero-order valence-corrected chi connectivity index (χ0v) is 13.3. The van der Waals surface area contributed by atoms with Gasteiger partial charge in [-0.15, -0.1) is 0 Å². The number of nitrogens with one attached hydrogen (secondary N) is 2. The number of aliphatic hydroxyl groups excluding tert-OH is 1. The molecule has 3 N–H and O–H groups in total. The lowest BCUT2D eigenvalue weighted by Crippen LogP contribution is -2.38. The molecule has 118 valence electrons. The Balaban J connectivity index is 2.47. The van der Waals surface area contributed by atoms with Crippen molar-refractivity contribution in [3.63, 3.8) is 0 Å². The summed E-state index contributed by atoms with van der Waals surface area (Å²) in [6, 6.07) is -0.310. The first-order valence-electron chi connectivity index (χ1n) is 6.92. The monoisotopic (exact) mass is 295 g/mol. The zero-order chi connectivity index (χ0) is 16.0. The minimum absolute atomic E-state index is 0.170. The molecular weight excluding hydrogens is 270 g/mol. The SMILES string of the molecule is C[C@H](O)CC(C)(C)CNC(=O)Nc1cnc(N(C)C)nc1. The number of urea groups is 1. The second-order valence-corrected chi connectivity index (χ2v) is 6.19. The van der Waals surface area contributed by atoms with Gasteiger partial charge in [0.05, 0.1) is 24.2 Å². The van der Waals surface area contributed by atoms with E-state index in [4.69, 9.17) is 0 Å². The van der Waals surface area contributed by atoms with Gasteiger partial charge in [-0.25, -0.2) is 14.8 Å². The lowest BCUT2D eigenvalue weighted by Gasteiger charge is -2.26. The normalized spacial score (nSPS) is 12.7. The average molecular weight is 295 g/mol. The highest BCUT2D eigenvalue weighted by atomic mass is 16.3. The van der Waals surface area contributed by atoms with Gasteiger partial charge in [0.1, 0.15) is 0 Å². The fourth-order valence-electron chi connectivity index (χ4n) is 1.98. The number of nitrogens with zero attached hydrogens (tertiary/aromatic N) is 3. The van der Waals surface area contributed by atoms with Crippen LogP contribution in [-0.2, 0) is 0 Å². The summed E-state index contributed by atoms with van der Waals surface area (Å²) in [6.45, 7) is 6.20. The van der Waals surface area contributed by atoms with Crippen molar-refractivity contribution < 1.29 is 9.90 Å². The number of hydrogen-bond donors (Lipinski definition) is 3. The van der Waals surface area contributed by atoms with E-state index in [1.807, 2.05) is 27.9 Å². The largest absolute Gasteiger partial charge is 0.393 e. The van der Waals surface area contributed by atoms with Crippen LogP contribution in [0, 0.1) is 5.41 Å². The van der Waals surface area contributed by atoms with Gasteiger partial charge in [-0.3, -0.25) is 0 Å². The molecule has 0 aliphatic carbocycles. The van der Waals surface area contributed by atoms with E-state index < -0.39 is 6.10 Å². The van der Waals surface area contributed by atoms with E-state index in [9.17, 15) is 9.90 Å².